The van der Waals surface area contributed by atoms with Gasteiger partial charge in [0.15, 0.2) is 5.69 Å². The molecule has 0 atom stereocenters. The standard InChI is InChI=1S/C19H19BrN4O2/c1-12-10-15(8-9-16(12)20)24-13(2)18(22-23-24)19(25)21-11-14-6-4-5-7-17(14)26-3/h4-10H,11H2,1-3H3,(H,21,25). The number of halogens is 1. The summed E-state index contributed by atoms with van der Waals surface area (Å²) in [6.45, 7) is 4.18. The molecule has 3 aromatic rings. The molecule has 1 amide bonds. The van der Waals surface area contributed by atoms with E-state index in [-0.39, 0.29) is 5.91 Å². The number of methoxy groups -OCH3 is 1. The number of aromatic nitrogens is 3. The van der Waals surface area contributed by atoms with Gasteiger partial charge < -0.3 is 10.1 Å². The zero-order chi connectivity index (χ0) is 18.7. The third-order valence-electron chi connectivity index (χ3n) is 4.13. The zero-order valence-electron chi connectivity index (χ0n) is 14.8. The van der Waals surface area contributed by atoms with Crippen molar-refractivity contribution in [3.63, 3.8) is 0 Å². The maximum Gasteiger partial charge on any atom is 0.274 e. The number of nitrogens with one attached hydrogen (secondary N) is 1. The van der Waals surface area contributed by atoms with Gasteiger partial charge in [0.2, 0.25) is 0 Å². The maximum absolute atomic E-state index is 12.5. The number of carbonyl (C=O) groups excluding carboxylic acids is 1. The molecule has 0 unspecified atom stereocenters. The molecule has 0 aliphatic rings. The lowest BCUT2D eigenvalue weighted by atomic mass is 10.2. The van der Waals surface area contributed by atoms with Crippen molar-refractivity contribution in [1.82, 2.24) is 20.3 Å². The first-order chi connectivity index (χ1) is 12.5. The molecule has 0 spiro atoms. The minimum absolute atomic E-state index is 0.270. The van der Waals surface area contributed by atoms with Crippen LogP contribution in [0.2, 0.25) is 0 Å². The molecule has 0 saturated carbocycles. The Balaban J connectivity index is 1.78. The summed E-state index contributed by atoms with van der Waals surface area (Å²) in [4.78, 5) is 12.5. The van der Waals surface area contributed by atoms with Crippen molar-refractivity contribution in [3.8, 4) is 11.4 Å². The summed E-state index contributed by atoms with van der Waals surface area (Å²) in [7, 11) is 1.61. The van der Waals surface area contributed by atoms with Gasteiger partial charge in [-0.25, -0.2) is 4.68 Å². The van der Waals surface area contributed by atoms with Crippen molar-refractivity contribution < 1.29 is 9.53 Å². The molecule has 7 heteroatoms. The Morgan fingerprint density at radius 3 is 2.73 bits per heavy atom. The summed E-state index contributed by atoms with van der Waals surface area (Å²) in [5, 5.41) is 11.1. The summed E-state index contributed by atoms with van der Waals surface area (Å²) in [5.41, 5.74) is 3.83. The fraction of sp³-hybridized carbons (Fsp3) is 0.211. The van der Waals surface area contributed by atoms with Gasteiger partial charge in [-0.15, -0.1) is 5.10 Å². The quantitative estimate of drug-likeness (QED) is 0.692. The van der Waals surface area contributed by atoms with Crippen molar-refractivity contribution in [1.29, 1.82) is 0 Å². The smallest absolute Gasteiger partial charge is 0.274 e. The van der Waals surface area contributed by atoms with Crippen molar-refractivity contribution in [2.45, 2.75) is 20.4 Å². The lowest BCUT2D eigenvalue weighted by Gasteiger charge is -2.09. The third-order valence-corrected chi connectivity index (χ3v) is 5.02. The topological polar surface area (TPSA) is 69.0 Å². The molecule has 0 aliphatic heterocycles. The average molecular weight is 415 g/mol. The van der Waals surface area contributed by atoms with Crippen LogP contribution in [0, 0.1) is 13.8 Å². The number of amides is 1. The molecule has 1 aromatic heterocycles. The number of hydrogen-bond donors (Lipinski definition) is 1. The van der Waals surface area contributed by atoms with E-state index in [2.05, 4.69) is 31.6 Å². The fourth-order valence-corrected chi connectivity index (χ4v) is 2.90. The number of ether oxygens (including phenoxy) is 1. The minimum Gasteiger partial charge on any atom is -0.496 e. The normalized spacial score (nSPS) is 10.6. The SMILES string of the molecule is COc1ccccc1CNC(=O)c1nnn(-c2ccc(Br)c(C)c2)c1C. The van der Waals surface area contributed by atoms with Gasteiger partial charge >= 0.3 is 0 Å². The van der Waals surface area contributed by atoms with Gasteiger partial charge in [0.25, 0.3) is 5.91 Å². The van der Waals surface area contributed by atoms with Crippen LogP contribution in [-0.2, 0) is 6.54 Å². The molecular formula is C19H19BrN4O2. The van der Waals surface area contributed by atoms with Crippen LogP contribution in [0.15, 0.2) is 46.9 Å². The Bertz CT molecular complexity index is 952. The van der Waals surface area contributed by atoms with Crippen LogP contribution >= 0.6 is 15.9 Å². The van der Waals surface area contributed by atoms with Gasteiger partial charge in [-0.2, -0.15) is 0 Å². The van der Waals surface area contributed by atoms with Gasteiger partial charge in [0.1, 0.15) is 5.75 Å². The number of carbonyl (C=O) groups is 1. The second kappa shape index (κ2) is 7.70. The molecule has 26 heavy (non-hydrogen) atoms. The van der Waals surface area contributed by atoms with E-state index >= 15 is 0 Å². The third kappa shape index (κ3) is 3.62. The van der Waals surface area contributed by atoms with E-state index in [9.17, 15) is 4.79 Å². The second-order valence-corrected chi connectivity index (χ2v) is 6.72. The van der Waals surface area contributed by atoms with E-state index in [4.69, 9.17) is 4.74 Å². The van der Waals surface area contributed by atoms with E-state index in [0.29, 0.717) is 17.9 Å². The molecule has 0 radical (unpaired) electrons. The van der Waals surface area contributed by atoms with Crippen LogP contribution < -0.4 is 10.1 Å². The van der Waals surface area contributed by atoms with Crippen LogP contribution in [0.5, 0.6) is 5.75 Å². The van der Waals surface area contributed by atoms with Gasteiger partial charge in [-0.1, -0.05) is 39.3 Å². The lowest BCUT2D eigenvalue weighted by Crippen LogP contribution is -2.24. The van der Waals surface area contributed by atoms with Gasteiger partial charge in [0.05, 0.1) is 18.5 Å². The Labute approximate surface area is 160 Å². The molecule has 3 rings (SSSR count). The molecule has 0 bridgehead atoms. The first-order valence-electron chi connectivity index (χ1n) is 8.10. The maximum atomic E-state index is 12.5. The second-order valence-electron chi connectivity index (χ2n) is 5.86. The summed E-state index contributed by atoms with van der Waals surface area (Å²) < 4.78 is 7.99. The number of aryl methyl sites for hydroxylation is 1. The van der Waals surface area contributed by atoms with Gasteiger partial charge in [-0.05, 0) is 43.7 Å². The highest BCUT2D eigenvalue weighted by Crippen LogP contribution is 2.21. The van der Waals surface area contributed by atoms with Crippen LogP contribution in [0.1, 0.15) is 27.3 Å². The van der Waals surface area contributed by atoms with E-state index < -0.39 is 0 Å². The molecule has 0 saturated heterocycles. The number of para-hydroxylation sites is 1. The van der Waals surface area contributed by atoms with Crippen molar-refractivity contribution in [2.75, 3.05) is 7.11 Å². The number of nitrogens with zero attached hydrogens (tertiary/aromatic N) is 3. The zero-order valence-corrected chi connectivity index (χ0v) is 16.4. The highest BCUT2D eigenvalue weighted by Gasteiger charge is 2.18. The molecular weight excluding hydrogens is 396 g/mol. The van der Waals surface area contributed by atoms with E-state index in [1.54, 1.807) is 11.8 Å². The predicted octanol–water partition coefficient (Wildman–Crippen LogP) is 3.59. The Kier molecular flexibility index (Phi) is 5.37. The largest absolute Gasteiger partial charge is 0.496 e. The molecule has 0 fully saturated rings. The first-order valence-corrected chi connectivity index (χ1v) is 8.89. The van der Waals surface area contributed by atoms with Gasteiger partial charge in [0, 0.05) is 16.6 Å². The van der Waals surface area contributed by atoms with Gasteiger partial charge in [-0.3, -0.25) is 4.79 Å². The number of hydrogen-bond acceptors (Lipinski definition) is 4. The summed E-state index contributed by atoms with van der Waals surface area (Å²) in [5.74, 6) is 0.465. The highest BCUT2D eigenvalue weighted by molar-refractivity contribution is 9.10. The van der Waals surface area contributed by atoms with E-state index in [1.807, 2.05) is 56.3 Å². The fourth-order valence-electron chi connectivity index (χ4n) is 2.65. The van der Waals surface area contributed by atoms with E-state index in [0.717, 1.165) is 27.0 Å². The molecule has 1 N–H and O–H groups in total. The summed E-state index contributed by atoms with van der Waals surface area (Å²) in [6.07, 6.45) is 0. The summed E-state index contributed by atoms with van der Waals surface area (Å²) >= 11 is 3.48. The van der Waals surface area contributed by atoms with Crippen LogP contribution in [0.4, 0.5) is 0 Å². The van der Waals surface area contributed by atoms with Crippen LogP contribution in [0.3, 0.4) is 0 Å². The summed E-state index contributed by atoms with van der Waals surface area (Å²) in [6, 6.07) is 13.4. The first kappa shape index (κ1) is 18.1. The molecule has 6 nitrogen and oxygen atoms in total. The van der Waals surface area contributed by atoms with Crippen LogP contribution in [0.25, 0.3) is 5.69 Å². The highest BCUT2D eigenvalue weighted by atomic mass is 79.9. The Hall–Kier alpha value is -2.67. The lowest BCUT2D eigenvalue weighted by molar-refractivity contribution is 0.0945. The number of benzene rings is 2. The minimum atomic E-state index is -0.270. The number of rotatable bonds is 5. The Morgan fingerprint density at radius 2 is 2.00 bits per heavy atom. The molecule has 134 valence electrons. The molecule has 2 aromatic carbocycles. The predicted molar refractivity (Wildman–Crippen MR) is 103 cm³/mol. The van der Waals surface area contributed by atoms with Crippen molar-refractivity contribution in [2.24, 2.45) is 0 Å². The average Bonchev–Trinajstić information content (AvgIpc) is 3.03. The van der Waals surface area contributed by atoms with E-state index in [1.165, 1.54) is 0 Å². The molecule has 1 heterocycles. The van der Waals surface area contributed by atoms with Crippen LogP contribution in [-0.4, -0.2) is 28.0 Å². The van der Waals surface area contributed by atoms with Crippen molar-refractivity contribution >= 4 is 21.8 Å². The molecule has 0 aliphatic carbocycles. The Morgan fingerprint density at radius 1 is 1.23 bits per heavy atom. The van der Waals surface area contributed by atoms with Crippen molar-refractivity contribution in [3.05, 3.63) is 69.5 Å². The monoisotopic (exact) mass is 414 g/mol.